The molecule has 0 radical (unpaired) electrons. The molecule has 2 heterocycles. The summed E-state index contributed by atoms with van der Waals surface area (Å²) in [5, 5.41) is 1.52. The molecule has 2 aromatic heterocycles. The molecule has 3 aromatic rings. The molecule has 1 aromatic carbocycles. The maximum absolute atomic E-state index is 13.3. The van der Waals surface area contributed by atoms with Gasteiger partial charge >= 0.3 is 0 Å². The smallest absolute Gasteiger partial charge is 0.143 e. The summed E-state index contributed by atoms with van der Waals surface area (Å²) in [4.78, 5) is 4.47. The molecule has 0 spiro atoms. The summed E-state index contributed by atoms with van der Waals surface area (Å²) in [5.74, 6) is -0.256. The molecule has 0 saturated heterocycles. The Labute approximate surface area is 153 Å². The van der Waals surface area contributed by atoms with Gasteiger partial charge in [-0.15, -0.1) is 0 Å². The number of benzene rings is 1. The molecule has 6 heteroatoms. The minimum Gasteiger partial charge on any atom is -0.361 e. The molecule has 0 aliphatic heterocycles. The average Bonchev–Trinajstić information content (AvgIpc) is 2.92. The van der Waals surface area contributed by atoms with Crippen LogP contribution in [0.25, 0.3) is 22.3 Å². The van der Waals surface area contributed by atoms with E-state index in [0.29, 0.717) is 11.8 Å². The minimum absolute atomic E-state index is 0.256. The van der Waals surface area contributed by atoms with Gasteiger partial charge in [0.15, 0.2) is 0 Å². The molecule has 0 amide bonds. The van der Waals surface area contributed by atoms with E-state index in [1.54, 1.807) is 24.4 Å². The molecule has 0 bridgehead atoms. The van der Waals surface area contributed by atoms with E-state index < -0.39 is 8.07 Å². The van der Waals surface area contributed by atoms with Gasteiger partial charge in [-0.1, -0.05) is 31.2 Å². The summed E-state index contributed by atoms with van der Waals surface area (Å²) >= 11 is 6.33. The van der Waals surface area contributed by atoms with Crippen LogP contribution in [0, 0.1) is 5.82 Å². The van der Waals surface area contributed by atoms with Crippen molar-refractivity contribution in [2.45, 2.75) is 32.4 Å². The van der Waals surface area contributed by atoms with Crippen LogP contribution in [0.2, 0.25) is 30.7 Å². The zero-order chi connectivity index (χ0) is 18.0. The normalized spacial score (nSPS) is 12.0. The molecule has 0 aliphatic rings. The predicted molar refractivity (Wildman–Crippen MR) is 104 cm³/mol. The van der Waals surface area contributed by atoms with E-state index in [9.17, 15) is 4.39 Å². The number of hydrogen-bond donors (Lipinski definition) is 0. The summed E-state index contributed by atoms with van der Waals surface area (Å²) in [7, 11) is -1.14. The highest BCUT2D eigenvalue weighted by Gasteiger charge is 2.15. The highest BCUT2D eigenvalue weighted by Crippen LogP contribution is 2.31. The Morgan fingerprint density at radius 3 is 2.56 bits per heavy atom. The van der Waals surface area contributed by atoms with Crippen molar-refractivity contribution in [1.82, 2.24) is 9.55 Å². The van der Waals surface area contributed by atoms with Gasteiger partial charge in [-0.05, 0) is 48.0 Å². The molecular formula is C19H22ClFN2OSi. The van der Waals surface area contributed by atoms with Crippen molar-refractivity contribution in [3.8, 4) is 11.3 Å². The van der Waals surface area contributed by atoms with Crippen LogP contribution in [-0.4, -0.2) is 24.2 Å². The number of hydrogen-bond acceptors (Lipinski definition) is 2. The number of nitrogens with zero attached hydrogens (tertiary/aromatic N) is 2. The molecule has 0 unspecified atom stereocenters. The number of ether oxygens (including phenoxy) is 1. The van der Waals surface area contributed by atoms with Crippen LogP contribution < -0.4 is 0 Å². The lowest BCUT2D eigenvalue weighted by molar-refractivity contribution is 0.0909. The van der Waals surface area contributed by atoms with Gasteiger partial charge in [0.05, 0.1) is 10.7 Å². The lowest BCUT2D eigenvalue weighted by Crippen LogP contribution is -2.22. The first-order valence-electron chi connectivity index (χ1n) is 8.32. The summed E-state index contributed by atoms with van der Waals surface area (Å²) < 4.78 is 21.2. The Morgan fingerprint density at radius 2 is 1.88 bits per heavy atom. The molecule has 0 N–H and O–H groups in total. The molecule has 0 saturated carbocycles. The van der Waals surface area contributed by atoms with Gasteiger partial charge in [0.1, 0.15) is 18.2 Å². The van der Waals surface area contributed by atoms with Crippen molar-refractivity contribution in [2.75, 3.05) is 6.61 Å². The molecule has 0 fully saturated rings. The lowest BCUT2D eigenvalue weighted by Gasteiger charge is -2.16. The van der Waals surface area contributed by atoms with Crippen LogP contribution in [0.1, 0.15) is 0 Å². The van der Waals surface area contributed by atoms with Crippen LogP contribution in [-0.2, 0) is 11.5 Å². The Bertz CT molecular complexity index is 872. The van der Waals surface area contributed by atoms with Gasteiger partial charge in [0, 0.05) is 26.3 Å². The number of pyridine rings is 1. The second-order valence-corrected chi connectivity index (χ2v) is 13.4. The van der Waals surface area contributed by atoms with Crippen LogP contribution in [0.4, 0.5) is 4.39 Å². The molecule has 132 valence electrons. The van der Waals surface area contributed by atoms with Crippen molar-refractivity contribution in [3.63, 3.8) is 0 Å². The fourth-order valence-electron chi connectivity index (χ4n) is 2.64. The van der Waals surface area contributed by atoms with Crippen molar-refractivity contribution >= 4 is 30.7 Å². The largest absolute Gasteiger partial charge is 0.361 e. The number of rotatable bonds is 6. The van der Waals surface area contributed by atoms with Crippen molar-refractivity contribution in [2.24, 2.45) is 0 Å². The lowest BCUT2D eigenvalue weighted by atomic mass is 10.1. The van der Waals surface area contributed by atoms with E-state index in [4.69, 9.17) is 16.3 Å². The second kappa shape index (κ2) is 7.28. The molecule has 0 atom stereocenters. The topological polar surface area (TPSA) is 27.1 Å². The molecule has 0 aliphatic carbocycles. The average molecular weight is 377 g/mol. The molecule has 3 nitrogen and oxygen atoms in total. The van der Waals surface area contributed by atoms with Gasteiger partial charge in [-0.25, -0.2) is 9.37 Å². The van der Waals surface area contributed by atoms with Crippen LogP contribution in [0.3, 0.4) is 0 Å². The van der Waals surface area contributed by atoms with Gasteiger partial charge in [0.25, 0.3) is 0 Å². The highest BCUT2D eigenvalue weighted by atomic mass is 35.5. The van der Waals surface area contributed by atoms with Crippen molar-refractivity contribution in [1.29, 1.82) is 0 Å². The summed E-state index contributed by atoms with van der Waals surface area (Å²) in [5.41, 5.74) is 2.60. The molecule has 25 heavy (non-hydrogen) atoms. The minimum atomic E-state index is -1.14. The zero-order valence-electron chi connectivity index (χ0n) is 14.7. The van der Waals surface area contributed by atoms with Crippen LogP contribution >= 0.6 is 11.6 Å². The predicted octanol–water partition coefficient (Wildman–Crippen LogP) is 5.81. The Hall–Kier alpha value is -1.69. The first kappa shape index (κ1) is 18.1. The Balaban J connectivity index is 1.95. The van der Waals surface area contributed by atoms with Crippen LogP contribution in [0.15, 0.2) is 42.6 Å². The van der Waals surface area contributed by atoms with Crippen molar-refractivity contribution < 1.29 is 9.13 Å². The Kier molecular flexibility index (Phi) is 5.27. The monoisotopic (exact) mass is 376 g/mol. The molecule has 3 rings (SSSR count). The fourth-order valence-corrected chi connectivity index (χ4v) is 3.59. The highest BCUT2D eigenvalue weighted by molar-refractivity contribution is 6.76. The van der Waals surface area contributed by atoms with Gasteiger partial charge in [-0.2, -0.15) is 0 Å². The third-order valence-corrected chi connectivity index (χ3v) is 6.13. The van der Waals surface area contributed by atoms with Gasteiger partial charge in [0.2, 0.25) is 0 Å². The second-order valence-electron chi connectivity index (χ2n) is 7.34. The quantitative estimate of drug-likeness (QED) is 0.401. The first-order chi connectivity index (χ1) is 11.8. The third-order valence-electron chi connectivity index (χ3n) is 4.10. The number of fused-ring (bicyclic) bond motifs is 1. The first-order valence-corrected chi connectivity index (χ1v) is 12.4. The van der Waals surface area contributed by atoms with Gasteiger partial charge < -0.3 is 9.30 Å². The van der Waals surface area contributed by atoms with Crippen molar-refractivity contribution in [3.05, 3.63) is 53.4 Å². The number of aromatic nitrogens is 2. The van der Waals surface area contributed by atoms with E-state index in [0.717, 1.165) is 34.9 Å². The fraction of sp³-hybridized carbons (Fsp3) is 0.316. The van der Waals surface area contributed by atoms with E-state index in [2.05, 4.69) is 24.6 Å². The Morgan fingerprint density at radius 1 is 1.16 bits per heavy atom. The van der Waals surface area contributed by atoms with E-state index in [-0.39, 0.29) is 5.82 Å². The maximum Gasteiger partial charge on any atom is 0.143 e. The van der Waals surface area contributed by atoms with Crippen LogP contribution in [0.5, 0.6) is 0 Å². The number of halogens is 2. The summed E-state index contributed by atoms with van der Waals surface area (Å²) in [6.07, 6.45) is 1.69. The third kappa shape index (κ3) is 4.29. The SMILES string of the molecule is C[Si](C)(C)CCOCn1c(-c2ccc(F)cc2)cc2c(Cl)ccnc21. The zero-order valence-corrected chi connectivity index (χ0v) is 16.5. The van der Waals surface area contributed by atoms with E-state index in [1.807, 2.05) is 10.6 Å². The standard InChI is InChI=1S/C19H22ClFN2OSi/c1-25(2,3)11-10-24-13-23-18(14-4-6-15(21)7-5-14)12-16-17(20)8-9-22-19(16)23/h4-9,12H,10-11,13H2,1-3H3. The van der Waals surface area contributed by atoms with E-state index in [1.165, 1.54) is 12.1 Å². The summed E-state index contributed by atoms with van der Waals surface area (Å²) in [6, 6.07) is 11.3. The van der Waals surface area contributed by atoms with E-state index >= 15 is 0 Å². The maximum atomic E-state index is 13.3. The summed E-state index contributed by atoms with van der Waals surface area (Å²) in [6.45, 7) is 8.10. The molecular weight excluding hydrogens is 355 g/mol. The van der Waals surface area contributed by atoms with Gasteiger partial charge in [-0.3, -0.25) is 0 Å².